The average Bonchev–Trinajstić information content (AvgIpc) is 3.17. The number of methoxy groups -OCH3 is 1. The molecular weight excluding hydrogens is 516 g/mol. The van der Waals surface area contributed by atoms with Crippen LogP contribution in [-0.4, -0.2) is 112 Å². The summed E-state index contributed by atoms with van der Waals surface area (Å²) in [6.07, 6.45) is -2.93. The molecule has 0 bridgehead atoms. The lowest BCUT2D eigenvalue weighted by molar-refractivity contribution is -0.348. The first kappa shape index (κ1) is 31.7. The third-order valence-electron chi connectivity index (χ3n) is 7.75. The van der Waals surface area contributed by atoms with Crippen LogP contribution in [0, 0.1) is 11.8 Å². The van der Waals surface area contributed by atoms with Crippen LogP contribution in [0.15, 0.2) is 35.1 Å². The van der Waals surface area contributed by atoms with Gasteiger partial charge in [-0.25, -0.2) is 4.79 Å². The van der Waals surface area contributed by atoms with Gasteiger partial charge in [0.2, 0.25) is 6.29 Å². The minimum atomic E-state index is -1.87. The fourth-order valence-corrected chi connectivity index (χ4v) is 5.50. The zero-order valence-corrected chi connectivity index (χ0v) is 22.8. The second kappa shape index (κ2) is 13.7. The molecule has 12 nitrogen and oxygen atoms in total. The molecule has 2 aliphatic heterocycles. The Morgan fingerprint density at radius 2 is 1.82 bits per heavy atom. The van der Waals surface area contributed by atoms with Crippen LogP contribution in [0.25, 0.3) is 0 Å². The van der Waals surface area contributed by atoms with Gasteiger partial charge in [-0.15, -0.1) is 0 Å². The van der Waals surface area contributed by atoms with Gasteiger partial charge in [0.1, 0.15) is 41.9 Å². The standard InChI is InChI=1S/C27H42O12/c1-14(8-9-28)6-5-7-15(2)12-36-19-10-16(3)20-25(37-13-17(24(33)35-4)27(19,20)34)39-26-23(32)22(31)21(30)18(11-29)38-26/h7-8,13,16,18-23,25-26,28-32,34H,5-6,9-12H2,1-4H3/b14-8+,15-7+/t16-,18-,19?,20+,21-,22+,23-,25+,26+,27-/m1/s1. The van der Waals surface area contributed by atoms with Gasteiger partial charge in [0.05, 0.1) is 39.0 Å². The van der Waals surface area contributed by atoms with Gasteiger partial charge < -0.3 is 54.3 Å². The Hall–Kier alpha value is -1.87. The number of hydrogen-bond donors (Lipinski definition) is 6. The van der Waals surface area contributed by atoms with Gasteiger partial charge in [0.15, 0.2) is 6.29 Å². The Balaban J connectivity index is 1.79. The number of ether oxygens (including phenoxy) is 5. The Bertz CT molecular complexity index is 930. The first-order valence-corrected chi connectivity index (χ1v) is 13.2. The Labute approximate surface area is 228 Å². The predicted octanol–water partition coefficient (Wildman–Crippen LogP) is -0.346. The molecule has 0 amide bonds. The van der Waals surface area contributed by atoms with E-state index < -0.39 is 67.2 Å². The van der Waals surface area contributed by atoms with Crippen LogP contribution in [0.3, 0.4) is 0 Å². The zero-order valence-electron chi connectivity index (χ0n) is 22.8. The normalized spacial score (nSPS) is 39.1. The number of hydrogen-bond acceptors (Lipinski definition) is 12. The number of esters is 1. The van der Waals surface area contributed by atoms with Crippen LogP contribution in [-0.2, 0) is 28.5 Å². The van der Waals surface area contributed by atoms with Crippen LogP contribution in [0.1, 0.15) is 40.0 Å². The van der Waals surface area contributed by atoms with E-state index in [9.17, 15) is 30.3 Å². The minimum absolute atomic E-state index is 0.00188. The maximum Gasteiger partial charge on any atom is 0.339 e. The van der Waals surface area contributed by atoms with Crippen molar-refractivity contribution in [2.75, 3.05) is 26.9 Å². The van der Waals surface area contributed by atoms with E-state index in [1.807, 2.05) is 26.8 Å². The fourth-order valence-electron chi connectivity index (χ4n) is 5.50. The van der Waals surface area contributed by atoms with Gasteiger partial charge in [0.25, 0.3) is 0 Å². The number of fused-ring (bicyclic) bond motifs is 1. The monoisotopic (exact) mass is 558 g/mol. The van der Waals surface area contributed by atoms with Crippen LogP contribution >= 0.6 is 0 Å². The van der Waals surface area contributed by atoms with Crippen molar-refractivity contribution >= 4 is 5.97 Å². The number of carbonyl (C=O) groups excluding carboxylic acids is 1. The highest BCUT2D eigenvalue weighted by molar-refractivity contribution is 5.91. The topological polar surface area (TPSA) is 185 Å². The molecule has 6 N–H and O–H groups in total. The summed E-state index contributed by atoms with van der Waals surface area (Å²) in [5.41, 5.74) is -0.00461. The second-order valence-corrected chi connectivity index (χ2v) is 10.5. The van der Waals surface area contributed by atoms with Gasteiger partial charge in [-0.2, -0.15) is 0 Å². The lowest BCUT2D eigenvalue weighted by atomic mass is 9.78. The van der Waals surface area contributed by atoms with Gasteiger partial charge >= 0.3 is 5.97 Å². The van der Waals surface area contributed by atoms with Crippen molar-refractivity contribution in [1.82, 2.24) is 0 Å². The number of allylic oxidation sites excluding steroid dienone is 2. The van der Waals surface area contributed by atoms with Crippen molar-refractivity contribution in [2.24, 2.45) is 11.8 Å². The van der Waals surface area contributed by atoms with Crippen molar-refractivity contribution in [3.8, 4) is 0 Å². The number of carbonyl (C=O) groups is 1. The van der Waals surface area contributed by atoms with E-state index in [1.165, 1.54) is 7.11 Å². The molecule has 0 aromatic carbocycles. The molecule has 1 saturated heterocycles. The summed E-state index contributed by atoms with van der Waals surface area (Å²) in [5, 5.41) is 61.2. The zero-order chi connectivity index (χ0) is 28.9. The molecule has 10 atom stereocenters. The predicted molar refractivity (Wildman–Crippen MR) is 136 cm³/mol. The largest absolute Gasteiger partial charge is 0.471 e. The Morgan fingerprint density at radius 1 is 1.10 bits per heavy atom. The van der Waals surface area contributed by atoms with E-state index in [4.69, 9.17) is 28.8 Å². The van der Waals surface area contributed by atoms with Crippen LogP contribution in [0.4, 0.5) is 0 Å². The van der Waals surface area contributed by atoms with Gasteiger partial charge in [-0.1, -0.05) is 30.2 Å². The lowest BCUT2D eigenvalue weighted by Crippen LogP contribution is -2.62. The summed E-state index contributed by atoms with van der Waals surface area (Å²) in [4.78, 5) is 12.7. The molecule has 1 saturated carbocycles. The van der Waals surface area contributed by atoms with E-state index in [1.54, 1.807) is 6.08 Å². The maximum atomic E-state index is 12.7. The van der Waals surface area contributed by atoms with Crippen molar-refractivity contribution < 1.29 is 59.1 Å². The van der Waals surface area contributed by atoms with E-state index in [2.05, 4.69) is 0 Å². The molecule has 0 spiro atoms. The van der Waals surface area contributed by atoms with Crippen molar-refractivity contribution in [3.63, 3.8) is 0 Å². The van der Waals surface area contributed by atoms with Gasteiger partial charge in [-0.3, -0.25) is 0 Å². The first-order valence-electron chi connectivity index (χ1n) is 13.2. The van der Waals surface area contributed by atoms with Gasteiger partial charge in [0, 0.05) is 0 Å². The van der Waals surface area contributed by atoms with Crippen LogP contribution < -0.4 is 0 Å². The molecule has 3 aliphatic rings. The molecule has 0 radical (unpaired) electrons. The molecule has 2 heterocycles. The number of aliphatic hydroxyl groups is 6. The molecule has 222 valence electrons. The quantitative estimate of drug-likeness (QED) is 0.143. The first-order chi connectivity index (χ1) is 18.5. The van der Waals surface area contributed by atoms with Crippen molar-refractivity contribution in [2.45, 2.75) is 88.7 Å². The van der Waals surface area contributed by atoms with E-state index in [-0.39, 0.29) is 24.7 Å². The van der Waals surface area contributed by atoms with E-state index in [0.717, 1.165) is 30.2 Å². The SMILES string of the molecule is COC(=O)C1=CO[C@@H](O[C@@H]2O[C@H](CO)[C@@H](O)[C@H](O)[C@H]2O)[C@@H]2[C@H](C)CC(OC/C(C)=C/CC/C(C)=C/CO)[C@]12O. The molecule has 1 unspecified atom stereocenters. The highest BCUT2D eigenvalue weighted by Crippen LogP contribution is 2.51. The number of rotatable bonds is 11. The van der Waals surface area contributed by atoms with E-state index in [0.29, 0.717) is 6.42 Å². The van der Waals surface area contributed by atoms with Crippen LogP contribution in [0.2, 0.25) is 0 Å². The molecule has 0 aromatic rings. The van der Waals surface area contributed by atoms with Crippen molar-refractivity contribution in [3.05, 3.63) is 35.1 Å². The molecule has 12 heteroatoms. The number of aliphatic hydroxyl groups excluding tert-OH is 5. The third kappa shape index (κ3) is 6.72. The highest BCUT2D eigenvalue weighted by atomic mass is 16.8. The average molecular weight is 559 g/mol. The summed E-state index contributed by atoms with van der Waals surface area (Å²) in [6, 6.07) is 0. The highest BCUT2D eigenvalue weighted by Gasteiger charge is 2.64. The summed E-state index contributed by atoms with van der Waals surface area (Å²) < 4.78 is 28.0. The molecule has 0 aromatic heterocycles. The smallest absolute Gasteiger partial charge is 0.339 e. The maximum absolute atomic E-state index is 12.7. The fraction of sp³-hybridized carbons (Fsp3) is 0.741. The molecular formula is C27H42O12. The minimum Gasteiger partial charge on any atom is -0.471 e. The Morgan fingerprint density at radius 3 is 2.46 bits per heavy atom. The van der Waals surface area contributed by atoms with Gasteiger partial charge in [-0.05, 0) is 39.0 Å². The lowest BCUT2D eigenvalue weighted by Gasteiger charge is -2.45. The summed E-state index contributed by atoms with van der Waals surface area (Å²) in [6.45, 7) is 5.25. The molecule has 39 heavy (non-hydrogen) atoms. The molecule has 2 fully saturated rings. The Kier molecular flexibility index (Phi) is 11.1. The summed E-state index contributed by atoms with van der Waals surface area (Å²) in [5.74, 6) is -1.95. The summed E-state index contributed by atoms with van der Waals surface area (Å²) in [7, 11) is 1.19. The summed E-state index contributed by atoms with van der Waals surface area (Å²) >= 11 is 0. The second-order valence-electron chi connectivity index (χ2n) is 10.5. The van der Waals surface area contributed by atoms with Crippen LogP contribution in [0.5, 0.6) is 0 Å². The van der Waals surface area contributed by atoms with Crippen molar-refractivity contribution in [1.29, 1.82) is 0 Å². The van der Waals surface area contributed by atoms with E-state index >= 15 is 0 Å². The molecule has 1 aliphatic carbocycles. The molecule has 3 rings (SSSR count). The third-order valence-corrected chi connectivity index (χ3v) is 7.75.